The van der Waals surface area contributed by atoms with Crippen molar-refractivity contribution in [3.05, 3.63) is 0 Å². The van der Waals surface area contributed by atoms with E-state index in [-0.39, 0.29) is 24.5 Å². The SMILES string of the molecule is NC1CCCCCC1C(=O)NCCCCCCO. The van der Waals surface area contributed by atoms with E-state index in [0.717, 1.165) is 57.9 Å². The van der Waals surface area contributed by atoms with E-state index in [0.29, 0.717) is 0 Å². The quantitative estimate of drug-likeness (QED) is 0.478. The van der Waals surface area contributed by atoms with Crippen LogP contribution in [0.4, 0.5) is 0 Å². The number of nitrogens with two attached hydrogens (primary N) is 1. The second kappa shape index (κ2) is 9.34. The van der Waals surface area contributed by atoms with Crippen LogP contribution in [0.5, 0.6) is 0 Å². The summed E-state index contributed by atoms with van der Waals surface area (Å²) in [6, 6.07) is 0.0434. The fraction of sp³-hybridized carbons (Fsp3) is 0.929. The highest BCUT2D eigenvalue weighted by atomic mass is 16.2. The Morgan fingerprint density at radius 3 is 2.61 bits per heavy atom. The molecule has 1 amide bonds. The van der Waals surface area contributed by atoms with E-state index in [9.17, 15) is 4.79 Å². The molecule has 0 spiro atoms. The summed E-state index contributed by atoms with van der Waals surface area (Å²) in [4.78, 5) is 12.0. The van der Waals surface area contributed by atoms with E-state index in [1.54, 1.807) is 0 Å². The van der Waals surface area contributed by atoms with Crippen LogP contribution in [-0.2, 0) is 4.79 Å². The molecule has 1 aliphatic rings. The highest BCUT2D eigenvalue weighted by molar-refractivity contribution is 5.79. The highest BCUT2D eigenvalue weighted by Gasteiger charge is 2.26. The van der Waals surface area contributed by atoms with Crippen molar-refractivity contribution in [1.82, 2.24) is 5.32 Å². The van der Waals surface area contributed by atoms with Crippen LogP contribution in [0.2, 0.25) is 0 Å². The number of rotatable bonds is 7. The lowest BCUT2D eigenvalue weighted by molar-refractivity contribution is -0.125. The molecular weight excluding hydrogens is 228 g/mol. The number of hydrogen-bond acceptors (Lipinski definition) is 3. The van der Waals surface area contributed by atoms with Gasteiger partial charge in [0.05, 0.1) is 5.92 Å². The van der Waals surface area contributed by atoms with Gasteiger partial charge in [0.15, 0.2) is 0 Å². The molecule has 2 unspecified atom stereocenters. The van der Waals surface area contributed by atoms with Crippen LogP contribution in [0.1, 0.15) is 57.8 Å². The minimum absolute atomic E-state index is 0.0185. The fourth-order valence-corrected chi connectivity index (χ4v) is 2.59. The first-order chi connectivity index (χ1) is 8.75. The number of unbranched alkanes of at least 4 members (excludes halogenated alkanes) is 3. The number of hydrogen-bond donors (Lipinski definition) is 3. The third-order valence-corrected chi connectivity index (χ3v) is 3.79. The van der Waals surface area contributed by atoms with Gasteiger partial charge in [-0.1, -0.05) is 32.1 Å². The van der Waals surface area contributed by atoms with Crippen LogP contribution < -0.4 is 11.1 Å². The molecule has 0 saturated heterocycles. The Hall–Kier alpha value is -0.610. The van der Waals surface area contributed by atoms with Crippen LogP contribution in [0.15, 0.2) is 0 Å². The first-order valence-electron chi connectivity index (χ1n) is 7.40. The zero-order chi connectivity index (χ0) is 13.2. The number of carbonyl (C=O) groups excluding carboxylic acids is 1. The summed E-state index contributed by atoms with van der Waals surface area (Å²) < 4.78 is 0. The van der Waals surface area contributed by atoms with Gasteiger partial charge in [-0.2, -0.15) is 0 Å². The zero-order valence-electron chi connectivity index (χ0n) is 11.4. The van der Waals surface area contributed by atoms with Gasteiger partial charge in [0.1, 0.15) is 0 Å². The Kier molecular flexibility index (Phi) is 8.01. The van der Waals surface area contributed by atoms with Crippen molar-refractivity contribution in [3.8, 4) is 0 Å². The molecule has 4 N–H and O–H groups in total. The molecule has 0 radical (unpaired) electrons. The van der Waals surface area contributed by atoms with E-state index in [1.807, 2.05) is 0 Å². The molecule has 1 fully saturated rings. The molecule has 0 aromatic rings. The van der Waals surface area contributed by atoms with Crippen LogP contribution in [0, 0.1) is 5.92 Å². The molecule has 1 rings (SSSR count). The van der Waals surface area contributed by atoms with Crippen molar-refractivity contribution >= 4 is 5.91 Å². The van der Waals surface area contributed by atoms with Gasteiger partial charge in [0, 0.05) is 19.2 Å². The zero-order valence-corrected chi connectivity index (χ0v) is 11.4. The van der Waals surface area contributed by atoms with Gasteiger partial charge in [0.25, 0.3) is 0 Å². The molecule has 18 heavy (non-hydrogen) atoms. The number of amides is 1. The summed E-state index contributed by atoms with van der Waals surface area (Å²) in [6.45, 7) is 1.01. The Morgan fingerprint density at radius 2 is 1.83 bits per heavy atom. The Bertz CT molecular complexity index is 234. The first kappa shape index (κ1) is 15.4. The average molecular weight is 256 g/mol. The summed E-state index contributed by atoms with van der Waals surface area (Å²) in [5.74, 6) is 0.163. The maximum absolute atomic E-state index is 12.0. The lowest BCUT2D eigenvalue weighted by Crippen LogP contribution is -2.41. The van der Waals surface area contributed by atoms with Gasteiger partial charge >= 0.3 is 0 Å². The van der Waals surface area contributed by atoms with Crippen molar-refractivity contribution in [2.45, 2.75) is 63.8 Å². The summed E-state index contributed by atoms with van der Waals surface area (Å²) in [5.41, 5.74) is 6.06. The third kappa shape index (κ3) is 5.83. The fourth-order valence-electron chi connectivity index (χ4n) is 2.59. The molecule has 0 bridgehead atoms. The molecule has 4 heteroatoms. The molecule has 1 aliphatic carbocycles. The Balaban J connectivity index is 2.14. The minimum atomic E-state index is 0.0185. The second-order valence-corrected chi connectivity index (χ2v) is 5.34. The largest absolute Gasteiger partial charge is 0.396 e. The summed E-state index contributed by atoms with van der Waals surface area (Å²) >= 11 is 0. The molecule has 0 aromatic carbocycles. The van der Waals surface area contributed by atoms with E-state index < -0.39 is 0 Å². The predicted molar refractivity (Wildman–Crippen MR) is 73.1 cm³/mol. The van der Waals surface area contributed by atoms with Crippen molar-refractivity contribution in [2.24, 2.45) is 11.7 Å². The van der Waals surface area contributed by atoms with Gasteiger partial charge < -0.3 is 16.2 Å². The van der Waals surface area contributed by atoms with E-state index >= 15 is 0 Å². The number of aliphatic hydroxyl groups excluding tert-OH is 1. The molecule has 0 aromatic heterocycles. The van der Waals surface area contributed by atoms with Gasteiger partial charge in [-0.05, 0) is 25.7 Å². The van der Waals surface area contributed by atoms with E-state index in [1.165, 1.54) is 6.42 Å². The summed E-state index contributed by atoms with van der Waals surface area (Å²) in [6.07, 6.45) is 9.38. The van der Waals surface area contributed by atoms with Gasteiger partial charge in [-0.3, -0.25) is 4.79 Å². The standard InChI is InChI=1S/C14H28N2O2/c15-13-9-5-3-4-8-12(13)14(18)16-10-6-1-2-7-11-17/h12-13,17H,1-11,15H2,(H,16,18). The topological polar surface area (TPSA) is 75.4 Å². The van der Waals surface area contributed by atoms with Gasteiger partial charge in [0.2, 0.25) is 5.91 Å². The smallest absolute Gasteiger partial charge is 0.224 e. The molecular formula is C14H28N2O2. The Morgan fingerprint density at radius 1 is 1.11 bits per heavy atom. The maximum Gasteiger partial charge on any atom is 0.224 e. The van der Waals surface area contributed by atoms with Crippen molar-refractivity contribution in [3.63, 3.8) is 0 Å². The predicted octanol–water partition coefficient (Wildman–Crippen LogP) is 1.56. The molecule has 106 valence electrons. The van der Waals surface area contributed by atoms with Gasteiger partial charge in [-0.15, -0.1) is 0 Å². The lowest BCUT2D eigenvalue weighted by atomic mass is 9.94. The first-order valence-corrected chi connectivity index (χ1v) is 7.40. The van der Waals surface area contributed by atoms with Crippen molar-refractivity contribution in [1.29, 1.82) is 0 Å². The second-order valence-electron chi connectivity index (χ2n) is 5.34. The van der Waals surface area contributed by atoms with Crippen molar-refractivity contribution in [2.75, 3.05) is 13.2 Å². The number of aliphatic hydroxyl groups is 1. The molecule has 1 saturated carbocycles. The Labute approximate surface area is 110 Å². The average Bonchev–Trinajstić information content (AvgIpc) is 2.58. The van der Waals surface area contributed by atoms with Crippen LogP contribution in [-0.4, -0.2) is 30.2 Å². The lowest BCUT2D eigenvalue weighted by Gasteiger charge is -2.20. The van der Waals surface area contributed by atoms with Crippen LogP contribution in [0.3, 0.4) is 0 Å². The summed E-state index contributed by atoms with van der Waals surface area (Å²) in [5, 5.41) is 11.7. The number of carbonyl (C=O) groups is 1. The normalized spacial score (nSPS) is 24.6. The van der Waals surface area contributed by atoms with E-state index in [2.05, 4.69) is 5.32 Å². The maximum atomic E-state index is 12.0. The van der Waals surface area contributed by atoms with Gasteiger partial charge in [-0.25, -0.2) is 0 Å². The third-order valence-electron chi connectivity index (χ3n) is 3.79. The van der Waals surface area contributed by atoms with Crippen LogP contribution in [0.25, 0.3) is 0 Å². The molecule has 4 nitrogen and oxygen atoms in total. The van der Waals surface area contributed by atoms with Crippen LogP contribution >= 0.6 is 0 Å². The minimum Gasteiger partial charge on any atom is -0.396 e. The number of nitrogens with one attached hydrogen (secondary N) is 1. The van der Waals surface area contributed by atoms with Crippen molar-refractivity contribution < 1.29 is 9.90 Å². The highest BCUT2D eigenvalue weighted by Crippen LogP contribution is 2.22. The molecule has 0 aliphatic heterocycles. The summed E-state index contributed by atoms with van der Waals surface area (Å²) in [7, 11) is 0. The molecule has 2 atom stereocenters. The van der Waals surface area contributed by atoms with E-state index in [4.69, 9.17) is 10.8 Å². The monoisotopic (exact) mass is 256 g/mol. The molecule has 0 heterocycles.